The first-order valence-electron chi connectivity index (χ1n) is 4.97. The van der Waals surface area contributed by atoms with Gasteiger partial charge < -0.3 is 11.1 Å². The van der Waals surface area contributed by atoms with Gasteiger partial charge in [0, 0.05) is 6.04 Å². The van der Waals surface area contributed by atoms with E-state index in [1.54, 1.807) is 12.4 Å². The van der Waals surface area contributed by atoms with Gasteiger partial charge in [-0.1, -0.05) is 20.3 Å². The summed E-state index contributed by atoms with van der Waals surface area (Å²) >= 11 is 0. The molecule has 2 unspecified atom stereocenters. The molecule has 0 aliphatic carbocycles. The molecule has 3 N–H and O–H groups in total. The summed E-state index contributed by atoms with van der Waals surface area (Å²) in [6.45, 7) is 6.53. The van der Waals surface area contributed by atoms with Gasteiger partial charge in [-0.3, -0.25) is 0 Å². The summed E-state index contributed by atoms with van der Waals surface area (Å²) < 4.78 is 0. The Morgan fingerprint density at radius 3 is 2.57 bits per heavy atom. The average Bonchev–Trinajstić information content (AvgIpc) is 2.20. The van der Waals surface area contributed by atoms with Crippen LogP contribution in [0.15, 0.2) is 12.4 Å². The largest absolute Gasteiger partial charge is 0.382 e. The lowest BCUT2D eigenvalue weighted by atomic mass is 10.0. The highest BCUT2D eigenvalue weighted by Gasteiger charge is 2.09. The number of anilines is 2. The second-order valence-electron chi connectivity index (χ2n) is 3.65. The SMILES string of the molecule is CCC(C)C(C)Nc1cnc(N)cn1. The zero-order chi connectivity index (χ0) is 10.6. The van der Waals surface area contributed by atoms with Crippen LogP contribution in [0.2, 0.25) is 0 Å². The molecule has 0 amide bonds. The van der Waals surface area contributed by atoms with E-state index in [0.717, 1.165) is 12.2 Å². The Morgan fingerprint density at radius 1 is 1.36 bits per heavy atom. The summed E-state index contributed by atoms with van der Waals surface area (Å²) in [6, 6.07) is 0.401. The molecule has 14 heavy (non-hydrogen) atoms. The smallest absolute Gasteiger partial charge is 0.144 e. The van der Waals surface area contributed by atoms with Gasteiger partial charge in [0.05, 0.1) is 12.4 Å². The van der Waals surface area contributed by atoms with Crippen molar-refractivity contribution < 1.29 is 0 Å². The molecule has 0 radical (unpaired) electrons. The van der Waals surface area contributed by atoms with E-state index in [4.69, 9.17) is 5.73 Å². The monoisotopic (exact) mass is 194 g/mol. The van der Waals surface area contributed by atoms with Gasteiger partial charge >= 0.3 is 0 Å². The van der Waals surface area contributed by atoms with E-state index in [1.807, 2.05) is 0 Å². The molecule has 0 bridgehead atoms. The topological polar surface area (TPSA) is 63.8 Å². The van der Waals surface area contributed by atoms with Crippen molar-refractivity contribution in [3.8, 4) is 0 Å². The number of aromatic nitrogens is 2. The van der Waals surface area contributed by atoms with Crippen LogP contribution < -0.4 is 11.1 Å². The molecule has 1 aromatic heterocycles. The van der Waals surface area contributed by atoms with Crippen LogP contribution in [0.4, 0.5) is 11.6 Å². The average molecular weight is 194 g/mol. The highest BCUT2D eigenvalue weighted by atomic mass is 15.0. The molecule has 4 heteroatoms. The summed E-state index contributed by atoms with van der Waals surface area (Å²) in [5.74, 6) is 1.85. The zero-order valence-electron chi connectivity index (χ0n) is 8.99. The second kappa shape index (κ2) is 4.79. The maximum Gasteiger partial charge on any atom is 0.144 e. The standard InChI is InChI=1S/C10H18N4/c1-4-7(2)8(3)14-10-6-12-9(11)5-13-10/h5-8H,4H2,1-3H3,(H2,11,12)(H,13,14). The third kappa shape index (κ3) is 2.87. The minimum atomic E-state index is 0.401. The van der Waals surface area contributed by atoms with Crippen LogP contribution in [0.1, 0.15) is 27.2 Å². The van der Waals surface area contributed by atoms with Crippen LogP contribution in [0, 0.1) is 5.92 Å². The van der Waals surface area contributed by atoms with Gasteiger partial charge in [-0.25, -0.2) is 9.97 Å². The van der Waals surface area contributed by atoms with Crippen molar-refractivity contribution in [2.75, 3.05) is 11.1 Å². The highest BCUT2D eigenvalue weighted by Crippen LogP contribution is 2.12. The Bertz CT molecular complexity index is 270. The van der Waals surface area contributed by atoms with E-state index in [1.165, 1.54) is 0 Å². The Kier molecular flexibility index (Phi) is 3.68. The Morgan fingerprint density at radius 2 is 2.07 bits per heavy atom. The minimum absolute atomic E-state index is 0.401. The van der Waals surface area contributed by atoms with Crippen molar-refractivity contribution in [2.45, 2.75) is 33.2 Å². The fourth-order valence-corrected chi connectivity index (χ4v) is 1.14. The van der Waals surface area contributed by atoms with E-state index in [2.05, 4.69) is 36.1 Å². The van der Waals surface area contributed by atoms with Gasteiger partial charge in [0.15, 0.2) is 0 Å². The molecule has 0 spiro atoms. The third-order valence-electron chi connectivity index (χ3n) is 2.54. The number of hydrogen-bond donors (Lipinski definition) is 2. The lowest BCUT2D eigenvalue weighted by molar-refractivity contribution is 0.493. The fourth-order valence-electron chi connectivity index (χ4n) is 1.14. The number of nitrogen functional groups attached to an aromatic ring is 1. The quantitative estimate of drug-likeness (QED) is 0.768. The van der Waals surface area contributed by atoms with Crippen LogP contribution in [0.5, 0.6) is 0 Å². The molecule has 2 atom stereocenters. The predicted octanol–water partition coefficient (Wildman–Crippen LogP) is 1.91. The lowest BCUT2D eigenvalue weighted by Gasteiger charge is -2.19. The molecular formula is C10H18N4. The zero-order valence-corrected chi connectivity index (χ0v) is 8.99. The first kappa shape index (κ1) is 10.8. The summed E-state index contributed by atoms with van der Waals surface area (Å²) in [7, 11) is 0. The number of hydrogen-bond acceptors (Lipinski definition) is 4. The first-order chi connectivity index (χ1) is 6.63. The molecule has 0 aliphatic rings. The molecule has 4 nitrogen and oxygen atoms in total. The summed E-state index contributed by atoms with van der Waals surface area (Å²) in [4.78, 5) is 8.11. The van der Waals surface area contributed by atoms with Crippen LogP contribution in [0.25, 0.3) is 0 Å². The van der Waals surface area contributed by atoms with Crippen LogP contribution in [-0.4, -0.2) is 16.0 Å². The van der Waals surface area contributed by atoms with Crippen LogP contribution in [0.3, 0.4) is 0 Å². The Hall–Kier alpha value is -1.32. The summed E-state index contributed by atoms with van der Waals surface area (Å²) in [6.07, 6.45) is 4.37. The third-order valence-corrected chi connectivity index (χ3v) is 2.54. The number of nitrogens with two attached hydrogens (primary N) is 1. The van der Waals surface area contributed by atoms with Crippen LogP contribution in [-0.2, 0) is 0 Å². The predicted molar refractivity (Wildman–Crippen MR) is 59.0 cm³/mol. The molecule has 0 aliphatic heterocycles. The van der Waals surface area contributed by atoms with E-state index in [-0.39, 0.29) is 0 Å². The van der Waals surface area contributed by atoms with Crippen LogP contribution >= 0.6 is 0 Å². The summed E-state index contributed by atoms with van der Waals surface area (Å²) in [5, 5.41) is 3.29. The molecular weight excluding hydrogens is 176 g/mol. The van der Waals surface area contributed by atoms with E-state index < -0.39 is 0 Å². The highest BCUT2D eigenvalue weighted by molar-refractivity contribution is 5.36. The maximum atomic E-state index is 5.44. The molecule has 1 rings (SSSR count). The van der Waals surface area contributed by atoms with E-state index in [0.29, 0.717) is 17.8 Å². The molecule has 0 saturated carbocycles. The summed E-state index contributed by atoms with van der Waals surface area (Å²) in [5.41, 5.74) is 5.44. The van der Waals surface area contributed by atoms with E-state index >= 15 is 0 Å². The number of rotatable bonds is 4. The molecule has 1 heterocycles. The lowest BCUT2D eigenvalue weighted by Crippen LogP contribution is -2.23. The second-order valence-corrected chi connectivity index (χ2v) is 3.65. The maximum absolute atomic E-state index is 5.44. The van der Waals surface area contributed by atoms with Gasteiger partial charge in [-0.2, -0.15) is 0 Å². The molecule has 0 saturated heterocycles. The number of nitrogens with one attached hydrogen (secondary N) is 1. The molecule has 0 aromatic carbocycles. The minimum Gasteiger partial charge on any atom is -0.382 e. The van der Waals surface area contributed by atoms with Crippen molar-refractivity contribution in [1.82, 2.24) is 9.97 Å². The van der Waals surface area contributed by atoms with Crippen molar-refractivity contribution in [2.24, 2.45) is 5.92 Å². The fraction of sp³-hybridized carbons (Fsp3) is 0.600. The first-order valence-corrected chi connectivity index (χ1v) is 4.97. The number of nitrogens with zero attached hydrogens (tertiary/aromatic N) is 2. The van der Waals surface area contributed by atoms with Crippen molar-refractivity contribution in [3.63, 3.8) is 0 Å². The van der Waals surface area contributed by atoms with Gasteiger partial charge in [0.25, 0.3) is 0 Å². The molecule has 0 fully saturated rings. The van der Waals surface area contributed by atoms with Crippen molar-refractivity contribution in [3.05, 3.63) is 12.4 Å². The normalized spacial score (nSPS) is 14.8. The van der Waals surface area contributed by atoms with E-state index in [9.17, 15) is 0 Å². The van der Waals surface area contributed by atoms with Gasteiger partial charge in [-0.15, -0.1) is 0 Å². The van der Waals surface area contributed by atoms with Gasteiger partial charge in [-0.05, 0) is 12.8 Å². The molecule has 78 valence electrons. The molecule has 1 aromatic rings. The van der Waals surface area contributed by atoms with Gasteiger partial charge in [0.1, 0.15) is 11.6 Å². The van der Waals surface area contributed by atoms with Crippen molar-refractivity contribution >= 4 is 11.6 Å². The Labute approximate surface area is 85.0 Å². The van der Waals surface area contributed by atoms with Crippen molar-refractivity contribution in [1.29, 1.82) is 0 Å². The Balaban J connectivity index is 2.56. The van der Waals surface area contributed by atoms with Gasteiger partial charge in [0.2, 0.25) is 0 Å².